The lowest BCUT2D eigenvalue weighted by molar-refractivity contribution is -0.125. The van der Waals surface area contributed by atoms with Crippen molar-refractivity contribution in [1.29, 1.82) is 0 Å². The number of carbonyl (C=O) groups is 1. The molecule has 1 aromatic rings. The first-order valence-corrected chi connectivity index (χ1v) is 11.6. The van der Waals surface area contributed by atoms with E-state index < -0.39 is 27.5 Å². The molecule has 0 saturated heterocycles. The van der Waals surface area contributed by atoms with Crippen LogP contribution >= 0.6 is 0 Å². The largest absolute Gasteiger partial charge is 0.493 e. The summed E-state index contributed by atoms with van der Waals surface area (Å²) in [5.74, 6) is 0.591. The Morgan fingerprint density at radius 3 is 2.25 bits per heavy atom. The zero-order chi connectivity index (χ0) is 20.4. The molecule has 1 amide bonds. The third-order valence-electron chi connectivity index (χ3n) is 5.89. The molecule has 2 aliphatic rings. The van der Waals surface area contributed by atoms with Gasteiger partial charge in [-0.3, -0.25) is 4.79 Å². The van der Waals surface area contributed by atoms with Gasteiger partial charge in [0.1, 0.15) is 5.75 Å². The third kappa shape index (κ3) is 5.04. The van der Waals surface area contributed by atoms with Gasteiger partial charge < -0.3 is 20.3 Å². The predicted molar refractivity (Wildman–Crippen MR) is 104 cm³/mol. The van der Waals surface area contributed by atoms with Crippen LogP contribution < -0.4 is 10.1 Å². The van der Waals surface area contributed by atoms with Crippen LogP contribution in [0, 0.1) is 11.3 Å². The number of aliphatic hydroxyl groups is 2. The van der Waals surface area contributed by atoms with Crippen LogP contribution in [0.1, 0.15) is 38.5 Å². The van der Waals surface area contributed by atoms with Crippen molar-refractivity contribution in [3.05, 3.63) is 24.3 Å². The smallest absolute Gasteiger partial charge is 0.223 e. The zero-order valence-corrected chi connectivity index (χ0v) is 17.0. The molecule has 0 radical (unpaired) electrons. The van der Waals surface area contributed by atoms with Crippen LogP contribution in [0.15, 0.2) is 29.2 Å². The average Bonchev–Trinajstić information content (AvgIpc) is 3.27. The van der Waals surface area contributed by atoms with Crippen molar-refractivity contribution >= 4 is 15.7 Å². The van der Waals surface area contributed by atoms with E-state index in [1.807, 2.05) is 0 Å². The first kappa shape index (κ1) is 21.1. The van der Waals surface area contributed by atoms with Gasteiger partial charge in [-0.1, -0.05) is 12.8 Å². The topological polar surface area (TPSA) is 113 Å². The van der Waals surface area contributed by atoms with Gasteiger partial charge in [-0.05, 0) is 49.9 Å². The maximum absolute atomic E-state index is 12.4. The lowest BCUT2D eigenvalue weighted by atomic mass is 9.86. The minimum Gasteiger partial charge on any atom is -0.493 e. The number of carbonyl (C=O) groups excluding carboxylic acids is 1. The normalized spacial score (nSPS) is 28.4. The Kier molecular flexibility index (Phi) is 6.31. The van der Waals surface area contributed by atoms with Crippen LogP contribution in [-0.4, -0.2) is 56.2 Å². The summed E-state index contributed by atoms with van der Waals surface area (Å²) >= 11 is 0. The quantitative estimate of drug-likeness (QED) is 0.623. The summed E-state index contributed by atoms with van der Waals surface area (Å²) < 4.78 is 29.0. The molecule has 8 heteroatoms. The second-order valence-corrected chi connectivity index (χ2v) is 10.3. The first-order valence-electron chi connectivity index (χ1n) is 9.75. The summed E-state index contributed by atoms with van der Waals surface area (Å²) in [5, 5.41) is 23.1. The molecule has 0 heterocycles. The van der Waals surface area contributed by atoms with Gasteiger partial charge in [0.05, 0.1) is 23.7 Å². The Bertz CT molecular complexity index is 775. The molecule has 0 aliphatic heterocycles. The third-order valence-corrected chi connectivity index (χ3v) is 7.02. The van der Waals surface area contributed by atoms with E-state index in [2.05, 4.69) is 5.32 Å². The van der Waals surface area contributed by atoms with Crippen LogP contribution in [0.5, 0.6) is 5.75 Å². The molecular weight excluding hydrogens is 382 g/mol. The second kappa shape index (κ2) is 8.39. The molecule has 1 unspecified atom stereocenters. The highest BCUT2D eigenvalue weighted by atomic mass is 32.2. The number of hydrogen-bond acceptors (Lipinski definition) is 6. The predicted octanol–water partition coefficient (Wildman–Crippen LogP) is 1.28. The van der Waals surface area contributed by atoms with E-state index in [9.17, 15) is 23.4 Å². The molecule has 3 rings (SSSR count). The van der Waals surface area contributed by atoms with Gasteiger partial charge >= 0.3 is 0 Å². The molecule has 28 heavy (non-hydrogen) atoms. The molecule has 3 atom stereocenters. The Morgan fingerprint density at radius 2 is 1.71 bits per heavy atom. The van der Waals surface area contributed by atoms with E-state index in [0.29, 0.717) is 25.1 Å². The summed E-state index contributed by atoms with van der Waals surface area (Å²) in [6.07, 6.45) is 4.09. The molecule has 2 aliphatic carbocycles. The highest BCUT2D eigenvalue weighted by Gasteiger charge is 2.45. The first-order chi connectivity index (χ1) is 13.2. The van der Waals surface area contributed by atoms with Crippen molar-refractivity contribution in [2.75, 3.05) is 19.4 Å². The second-order valence-electron chi connectivity index (χ2n) is 8.27. The van der Waals surface area contributed by atoms with Crippen molar-refractivity contribution in [2.45, 2.75) is 55.6 Å². The minimum atomic E-state index is -3.27. The lowest BCUT2D eigenvalue weighted by Gasteiger charge is -2.30. The highest BCUT2D eigenvalue weighted by Crippen LogP contribution is 2.39. The van der Waals surface area contributed by atoms with Crippen LogP contribution in [-0.2, 0) is 14.6 Å². The molecule has 0 bridgehead atoms. The molecule has 0 spiro atoms. The van der Waals surface area contributed by atoms with E-state index in [4.69, 9.17) is 4.74 Å². The van der Waals surface area contributed by atoms with Crippen molar-refractivity contribution in [3.8, 4) is 5.75 Å². The number of benzene rings is 1. The maximum Gasteiger partial charge on any atom is 0.223 e. The van der Waals surface area contributed by atoms with Gasteiger partial charge in [0.2, 0.25) is 5.91 Å². The lowest BCUT2D eigenvalue weighted by Crippen LogP contribution is -2.42. The van der Waals surface area contributed by atoms with Gasteiger partial charge in [0.15, 0.2) is 9.84 Å². The fourth-order valence-electron chi connectivity index (χ4n) is 4.18. The summed E-state index contributed by atoms with van der Waals surface area (Å²) in [5.41, 5.74) is -0.567. The van der Waals surface area contributed by atoms with E-state index in [-0.39, 0.29) is 23.3 Å². The fourth-order valence-corrected chi connectivity index (χ4v) is 4.81. The van der Waals surface area contributed by atoms with Gasteiger partial charge in [-0.25, -0.2) is 8.42 Å². The van der Waals surface area contributed by atoms with Gasteiger partial charge in [0, 0.05) is 24.1 Å². The average molecular weight is 412 g/mol. The fraction of sp³-hybridized carbons (Fsp3) is 0.650. The van der Waals surface area contributed by atoms with Gasteiger partial charge in [-0.2, -0.15) is 0 Å². The summed E-state index contributed by atoms with van der Waals surface area (Å²) in [6, 6.07) is 6.14. The number of amides is 1. The number of sulfone groups is 1. The van der Waals surface area contributed by atoms with E-state index in [1.54, 1.807) is 12.1 Å². The van der Waals surface area contributed by atoms with Crippen LogP contribution in [0.4, 0.5) is 0 Å². The monoisotopic (exact) mass is 411 g/mol. The van der Waals surface area contributed by atoms with Crippen molar-refractivity contribution in [2.24, 2.45) is 11.3 Å². The minimum absolute atomic E-state index is 0.0326. The number of ether oxygens (including phenoxy) is 1. The SMILES string of the molecule is CS(=O)(=O)c1ccc(OCC2(CNC(=O)C3CCCC3)C[C@@H](O)[C@@H](O)C2)cc1. The van der Waals surface area contributed by atoms with E-state index in [0.717, 1.165) is 31.9 Å². The standard InChI is InChI=1S/C20H29NO6S/c1-28(25,26)16-8-6-15(7-9-16)27-13-20(10-17(22)18(23)11-20)12-21-19(24)14-4-2-3-5-14/h6-9,14,17-18,22-23H,2-5,10-13H2,1H3,(H,21,24)/t17-,18+,20?. The number of rotatable bonds is 7. The summed E-state index contributed by atoms with van der Waals surface area (Å²) in [6.45, 7) is 0.544. The van der Waals surface area contributed by atoms with Crippen molar-refractivity contribution in [1.82, 2.24) is 5.32 Å². The Labute approximate surface area is 166 Å². The molecule has 1 aromatic carbocycles. The van der Waals surface area contributed by atoms with Crippen LogP contribution in [0.3, 0.4) is 0 Å². The summed E-state index contributed by atoms with van der Waals surface area (Å²) in [4.78, 5) is 12.6. The Balaban J connectivity index is 1.64. The van der Waals surface area contributed by atoms with E-state index >= 15 is 0 Å². The van der Waals surface area contributed by atoms with Crippen molar-refractivity contribution < 1.29 is 28.2 Å². The molecule has 2 fully saturated rings. The molecular formula is C20H29NO6S. The molecule has 7 nitrogen and oxygen atoms in total. The molecule has 156 valence electrons. The van der Waals surface area contributed by atoms with Crippen LogP contribution in [0.25, 0.3) is 0 Å². The van der Waals surface area contributed by atoms with Crippen molar-refractivity contribution in [3.63, 3.8) is 0 Å². The number of aliphatic hydroxyl groups excluding tert-OH is 2. The molecule has 3 N–H and O–H groups in total. The van der Waals surface area contributed by atoms with E-state index in [1.165, 1.54) is 12.1 Å². The zero-order valence-electron chi connectivity index (χ0n) is 16.1. The molecule has 2 saturated carbocycles. The van der Waals surface area contributed by atoms with Gasteiger partial charge in [0.25, 0.3) is 0 Å². The summed E-state index contributed by atoms with van der Waals surface area (Å²) in [7, 11) is -3.27. The Hall–Kier alpha value is -1.64. The number of nitrogens with one attached hydrogen (secondary N) is 1. The molecule has 0 aromatic heterocycles. The maximum atomic E-state index is 12.4. The van der Waals surface area contributed by atoms with Crippen LogP contribution in [0.2, 0.25) is 0 Å². The number of hydrogen-bond donors (Lipinski definition) is 3. The van der Waals surface area contributed by atoms with Gasteiger partial charge in [-0.15, -0.1) is 0 Å². The Morgan fingerprint density at radius 1 is 1.14 bits per heavy atom. The highest BCUT2D eigenvalue weighted by molar-refractivity contribution is 7.90.